The number of anilines is 1. The second-order valence-electron chi connectivity index (χ2n) is 3.86. The summed E-state index contributed by atoms with van der Waals surface area (Å²) in [5.41, 5.74) is 6.25. The first kappa shape index (κ1) is 14.2. The molecule has 5 heteroatoms. The largest absolute Gasteiger partial charge is 0.491 e. The molecular weight excluding hydrogens is 238 g/mol. The molecule has 0 aliphatic carbocycles. The van der Waals surface area contributed by atoms with Crippen LogP contribution in [-0.2, 0) is 0 Å². The normalized spacial score (nSPS) is 14.3. The van der Waals surface area contributed by atoms with Crippen LogP contribution in [0.2, 0.25) is 0 Å². The van der Waals surface area contributed by atoms with Gasteiger partial charge in [0.15, 0.2) is 0 Å². The Balaban J connectivity index is 2.26. The zero-order valence-corrected chi connectivity index (χ0v) is 10.7. The standard InChI is InChI=1S/C12H19NO3S/c1-9(6-14)17-8-11(15)7-16-12-4-2-3-10(13)5-12/h2-5,9,11,14-15H,6-8,13H2,1H3. The molecule has 2 atom stereocenters. The molecule has 0 bridgehead atoms. The predicted molar refractivity (Wildman–Crippen MR) is 71.4 cm³/mol. The van der Waals surface area contributed by atoms with Gasteiger partial charge in [-0.2, -0.15) is 11.8 Å². The van der Waals surface area contributed by atoms with Gasteiger partial charge in [0.05, 0.1) is 12.7 Å². The van der Waals surface area contributed by atoms with Gasteiger partial charge in [-0.1, -0.05) is 13.0 Å². The number of hydrogen-bond donors (Lipinski definition) is 3. The zero-order valence-electron chi connectivity index (χ0n) is 9.87. The Hall–Kier alpha value is -0.910. The van der Waals surface area contributed by atoms with Crippen molar-refractivity contribution >= 4 is 17.4 Å². The van der Waals surface area contributed by atoms with Crippen LogP contribution in [-0.4, -0.2) is 40.5 Å². The van der Waals surface area contributed by atoms with Crippen LogP contribution < -0.4 is 10.5 Å². The van der Waals surface area contributed by atoms with Gasteiger partial charge in [0, 0.05) is 22.8 Å². The van der Waals surface area contributed by atoms with E-state index in [1.54, 1.807) is 24.3 Å². The molecule has 17 heavy (non-hydrogen) atoms. The summed E-state index contributed by atoms with van der Waals surface area (Å²) < 4.78 is 5.41. The van der Waals surface area contributed by atoms with Crippen molar-refractivity contribution in [3.05, 3.63) is 24.3 Å². The van der Waals surface area contributed by atoms with Crippen LogP contribution in [0.4, 0.5) is 5.69 Å². The molecule has 1 rings (SSSR count). The molecule has 1 aromatic carbocycles. The Labute approximate surface area is 106 Å². The fraction of sp³-hybridized carbons (Fsp3) is 0.500. The van der Waals surface area contributed by atoms with Gasteiger partial charge in [0.25, 0.3) is 0 Å². The highest BCUT2D eigenvalue weighted by atomic mass is 32.2. The second-order valence-corrected chi connectivity index (χ2v) is 5.34. The monoisotopic (exact) mass is 257 g/mol. The molecule has 0 saturated heterocycles. The molecule has 0 saturated carbocycles. The minimum absolute atomic E-state index is 0.119. The average molecular weight is 257 g/mol. The Bertz CT molecular complexity index is 335. The van der Waals surface area contributed by atoms with Crippen molar-refractivity contribution in [1.82, 2.24) is 0 Å². The van der Waals surface area contributed by atoms with Crippen molar-refractivity contribution in [2.24, 2.45) is 0 Å². The number of hydrogen-bond acceptors (Lipinski definition) is 5. The molecule has 0 fully saturated rings. The number of nitrogens with two attached hydrogens (primary N) is 1. The van der Waals surface area contributed by atoms with Gasteiger partial charge in [-0.15, -0.1) is 0 Å². The number of nitrogen functional groups attached to an aromatic ring is 1. The molecule has 96 valence electrons. The highest BCUT2D eigenvalue weighted by molar-refractivity contribution is 7.99. The number of aliphatic hydroxyl groups excluding tert-OH is 2. The first-order valence-corrected chi connectivity index (χ1v) is 6.55. The molecule has 1 aromatic rings. The molecule has 0 radical (unpaired) electrons. The van der Waals surface area contributed by atoms with Crippen LogP contribution in [0.1, 0.15) is 6.92 Å². The van der Waals surface area contributed by atoms with Gasteiger partial charge in [0.2, 0.25) is 0 Å². The van der Waals surface area contributed by atoms with Crippen molar-refractivity contribution in [3.8, 4) is 5.75 Å². The highest BCUT2D eigenvalue weighted by Crippen LogP contribution is 2.16. The summed E-state index contributed by atoms with van der Waals surface area (Å²) in [7, 11) is 0. The van der Waals surface area contributed by atoms with Crippen molar-refractivity contribution in [1.29, 1.82) is 0 Å². The van der Waals surface area contributed by atoms with E-state index in [9.17, 15) is 5.11 Å². The first-order chi connectivity index (χ1) is 8.11. The van der Waals surface area contributed by atoms with Crippen molar-refractivity contribution in [2.75, 3.05) is 24.7 Å². The molecule has 0 amide bonds. The van der Waals surface area contributed by atoms with Crippen LogP contribution in [0, 0.1) is 0 Å². The van der Waals surface area contributed by atoms with E-state index in [1.165, 1.54) is 11.8 Å². The fourth-order valence-corrected chi connectivity index (χ4v) is 1.93. The van der Waals surface area contributed by atoms with Gasteiger partial charge >= 0.3 is 0 Å². The van der Waals surface area contributed by atoms with E-state index in [0.29, 0.717) is 17.2 Å². The maximum Gasteiger partial charge on any atom is 0.121 e. The molecule has 0 aromatic heterocycles. The highest BCUT2D eigenvalue weighted by Gasteiger charge is 2.08. The summed E-state index contributed by atoms with van der Waals surface area (Å²) in [4.78, 5) is 0. The van der Waals surface area contributed by atoms with Gasteiger partial charge in [-0.05, 0) is 12.1 Å². The quantitative estimate of drug-likeness (QED) is 0.638. The van der Waals surface area contributed by atoms with E-state index in [0.717, 1.165) is 0 Å². The van der Waals surface area contributed by atoms with Crippen molar-refractivity contribution in [2.45, 2.75) is 18.3 Å². The average Bonchev–Trinajstić information content (AvgIpc) is 2.33. The fourth-order valence-electron chi connectivity index (χ4n) is 1.17. The predicted octanol–water partition coefficient (Wildman–Crippen LogP) is 1.12. The minimum atomic E-state index is -0.546. The van der Waals surface area contributed by atoms with Crippen molar-refractivity contribution in [3.63, 3.8) is 0 Å². The maximum atomic E-state index is 9.67. The Kier molecular flexibility index (Phi) is 6.18. The van der Waals surface area contributed by atoms with Crippen LogP contribution in [0.25, 0.3) is 0 Å². The summed E-state index contributed by atoms with van der Waals surface area (Å²) in [5, 5.41) is 18.6. The topological polar surface area (TPSA) is 75.7 Å². The summed E-state index contributed by atoms with van der Waals surface area (Å²) in [5.74, 6) is 1.20. The summed E-state index contributed by atoms with van der Waals surface area (Å²) in [6.07, 6.45) is -0.546. The lowest BCUT2D eigenvalue weighted by Crippen LogP contribution is -2.21. The number of ether oxygens (including phenoxy) is 1. The Morgan fingerprint density at radius 2 is 2.24 bits per heavy atom. The lowest BCUT2D eigenvalue weighted by Gasteiger charge is -2.14. The van der Waals surface area contributed by atoms with E-state index in [2.05, 4.69) is 0 Å². The first-order valence-electron chi connectivity index (χ1n) is 5.50. The lowest BCUT2D eigenvalue weighted by molar-refractivity contribution is 0.126. The van der Waals surface area contributed by atoms with Crippen molar-refractivity contribution < 1.29 is 14.9 Å². The molecule has 0 spiro atoms. The van der Waals surface area contributed by atoms with Crippen LogP contribution in [0.15, 0.2) is 24.3 Å². The molecule has 4 nitrogen and oxygen atoms in total. The number of rotatable bonds is 7. The minimum Gasteiger partial charge on any atom is -0.491 e. The van der Waals surface area contributed by atoms with E-state index < -0.39 is 6.10 Å². The Morgan fingerprint density at radius 1 is 1.47 bits per heavy atom. The van der Waals surface area contributed by atoms with E-state index in [1.807, 2.05) is 6.92 Å². The van der Waals surface area contributed by atoms with Gasteiger partial charge in [0.1, 0.15) is 12.4 Å². The summed E-state index contributed by atoms with van der Waals surface area (Å²) >= 11 is 1.52. The maximum absolute atomic E-state index is 9.67. The Morgan fingerprint density at radius 3 is 2.88 bits per heavy atom. The van der Waals surface area contributed by atoms with E-state index in [-0.39, 0.29) is 18.5 Å². The second kappa shape index (κ2) is 7.42. The molecular formula is C12H19NO3S. The SMILES string of the molecule is CC(CO)SCC(O)COc1cccc(N)c1. The molecule has 4 N–H and O–H groups in total. The summed E-state index contributed by atoms with van der Waals surface area (Å²) in [6.45, 7) is 2.26. The van der Waals surface area contributed by atoms with Gasteiger partial charge in [-0.3, -0.25) is 0 Å². The molecule has 2 unspecified atom stereocenters. The lowest BCUT2D eigenvalue weighted by atomic mass is 10.3. The third kappa shape index (κ3) is 5.81. The van der Waals surface area contributed by atoms with Gasteiger partial charge < -0.3 is 20.7 Å². The molecule has 0 aliphatic rings. The number of thioether (sulfide) groups is 1. The van der Waals surface area contributed by atoms with E-state index in [4.69, 9.17) is 15.6 Å². The molecule has 0 aliphatic heterocycles. The van der Waals surface area contributed by atoms with Gasteiger partial charge in [-0.25, -0.2) is 0 Å². The van der Waals surface area contributed by atoms with Crippen LogP contribution in [0.3, 0.4) is 0 Å². The number of benzene rings is 1. The van der Waals surface area contributed by atoms with E-state index >= 15 is 0 Å². The van der Waals surface area contributed by atoms with Crippen LogP contribution in [0.5, 0.6) is 5.75 Å². The third-order valence-corrected chi connectivity index (χ3v) is 3.43. The molecule has 0 heterocycles. The summed E-state index contributed by atoms with van der Waals surface area (Å²) in [6, 6.07) is 7.10. The number of aliphatic hydroxyl groups is 2. The van der Waals surface area contributed by atoms with Crippen LogP contribution >= 0.6 is 11.8 Å². The smallest absolute Gasteiger partial charge is 0.121 e. The zero-order chi connectivity index (χ0) is 12.7. The third-order valence-electron chi connectivity index (χ3n) is 2.13.